The average Bonchev–Trinajstić information content (AvgIpc) is 2.98. The standard InChI is InChI=1S/C10H9ClF3N/c11-5-7-3-4-8(10(12,13)14)15-9(7)6-1-2-6/h3-4,6H,1-2,5H2. The highest BCUT2D eigenvalue weighted by Gasteiger charge is 2.35. The van der Waals surface area contributed by atoms with E-state index in [2.05, 4.69) is 4.98 Å². The quantitative estimate of drug-likeness (QED) is 0.712. The van der Waals surface area contributed by atoms with Gasteiger partial charge >= 0.3 is 6.18 Å². The van der Waals surface area contributed by atoms with Crippen molar-refractivity contribution in [3.63, 3.8) is 0 Å². The summed E-state index contributed by atoms with van der Waals surface area (Å²) in [6.07, 6.45) is -2.54. The van der Waals surface area contributed by atoms with Crippen molar-refractivity contribution in [2.24, 2.45) is 0 Å². The number of halogens is 4. The molecular weight excluding hydrogens is 227 g/mol. The first-order chi connectivity index (χ1) is 7.02. The van der Waals surface area contributed by atoms with Crippen molar-refractivity contribution in [3.8, 4) is 0 Å². The monoisotopic (exact) mass is 235 g/mol. The maximum Gasteiger partial charge on any atom is 0.433 e. The van der Waals surface area contributed by atoms with Crippen LogP contribution in [-0.4, -0.2) is 4.98 Å². The molecule has 1 saturated carbocycles. The van der Waals surface area contributed by atoms with E-state index in [0.717, 1.165) is 18.9 Å². The van der Waals surface area contributed by atoms with Gasteiger partial charge in [-0.2, -0.15) is 13.2 Å². The van der Waals surface area contributed by atoms with Gasteiger partial charge in [0.1, 0.15) is 5.69 Å². The number of rotatable bonds is 2. The summed E-state index contributed by atoms with van der Waals surface area (Å²) in [5.41, 5.74) is 0.422. The smallest absolute Gasteiger partial charge is 0.248 e. The molecule has 0 aromatic carbocycles. The molecule has 0 unspecified atom stereocenters. The molecule has 82 valence electrons. The van der Waals surface area contributed by atoms with Crippen molar-refractivity contribution in [2.75, 3.05) is 0 Å². The number of nitrogens with zero attached hydrogens (tertiary/aromatic N) is 1. The zero-order chi connectivity index (χ0) is 11.1. The molecule has 0 saturated heterocycles. The van der Waals surface area contributed by atoms with Crippen LogP contribution in [0.5, 0.6) is 0 Å². The van der Waals surface area contributed by atoms with E-state index in [0.29, 0.717) is 11.3 Å². The second-order valence-electron chi connectivity index (χ2n) is 3.65. The Hall–Kier alpha value is -0.770. The number of pyridine rings is 1. The molecule has 1 aliphatic carbocycles. The lowest BCUT2D eigenvalue weighted by Gasteiger charge is -2.10. The van der Waals surface area contributed by atoms with Gasteiger partial charge < -0.3 is 0 Å². The van der Waals surface area contributed by atoms with Crippen molar-refractivity contribution >= 4 is 11.6 Å². The number of hydrogen-bond donors (Lipinski definition) is 0. The van der Waals surface area contributed by atoms with E-state index < -0.39 is 11.9 Å². The lowest BCUT2D eigenvalue weighted by Crippen LogP contribution is -2.10. The number of aromatic nitrogens is 1. The fourth-order valence-corrected chi connectivity index (χ4v) is 1.71. The molecule has 0 amide bonds. The van der Waals surface area contributed by atoms with Gasteiger partial charge in [0, 0.05) is 17.5 Å². The van der Waals surface area contributed by atoms with Crippen LogP contribution in [0, 0.1) is 0 Å². The molecule has 0 N–H and O–H groups in total. The lowest BCUT2D eigenvalue weighted by atomic mass is 10.1. The number of alkyl halides is 4. The van der Waals surface area contributed by atoms with Crippen LogP contribution in [0.1, 0.15) is 35.7 Å². The van der Waals surface area contributed by atoms with Crippen molar-refractivity contribution in [2.45, 2.75) is 30.8 Å². The molecule has 0 bridgehead atoms. The van der Waals surface area contributed by atoms with Gasteiger partial charge in [0.05, 0.1) is 0 Å². The molecule has 0 radical (unpaired) electrons. The van der Waals surface area contributed by atoms with Gasteiger partial charge in [0.15, 0.2) is 0 Å². The van der Waals surface area contributed by atoms with Gasteiger partial charge in [-0.15, -0.1) is 11.6 Å². The average molecular weight is 236 g/mol. The van der Waals surface area contributed by atoms with E-state index in [1.54, 1.807) is 0 Å². The Morgan fingerprint density at radius 1 is 1.33 bits per heavy atom. The summed E-state index contributed by atoms with van der Waals surface area (Å²) in [4.78, 5) is 3.67. The van der Waals surface area contributed by atoms with Gasteiger partial charge in [-0.25, -0.2) is 4.98 Å². The van der Waals surface area contributed by atoms with Crippen molar-refractivity contribution in [1.29, 1.82) is 0 Å². The molecule has 0 atom stereocenters. The SMILES string of the molecule is FC(F)(F)c1ccc(CCl)c(C2CC2)n1. The van der Waals surface area contributed by atoms with E-state index in [1.165, 1.54) is 6.07 Å². The zero-order valence-corrected chi connectivity index (χ0v) is 8.57. The third-order valence-electron chi connectivity index (χ3n) is 2.41. The van der Waals surface area contributed by atoms with Gasteiger partial charge in [-0.05, 0) is 24.5 Å². The summed E-state index contributed by atoms with van der Waals surface area (Å²) in [5, 5.41) is 0. The summed E-state index contributed by atoms with van der Waals surface area (Å²) in [6, 6.07) is 2.42. The third-order valence-corrected chi connectivity index (χ3v) is 2.70. The largest absolute Gasteiger partial charge is 0.433 e. The van der Waals surface area contributed by atoms with E-state index in [9.17, 15) is 13.2 Å². The van der Waals surface area contributed by atoms with Gasteiger partial charge in [0.2, 0.25) is 0 Å². The molecule has 5 heteroatoms. The van der Waals surface area contributed by atoms with E-state index in [1.807, 2.05) is 0 Å². The van der Waals surface area contributed by atoms with E-state index in [-0.39, 0.29) is 11.8 Å². The Kier molecular flexibility index (Phi) is 2.63. The second kappa shape index (κ2) is 3.67. The molecule has 0 aliphatic heterocycles. The Morgan fingerprint density at radius 2 is 2.00 bits per heavy atom. The fourth-order valence-electron chi connectivity index (χ4n) is 1.48. The first-order valence-corrected chi connectivity index (χ1v) is 5.19. The van der Waals surface area contributed by atoms with Gasteiger partial charge in [0.25, 0.3) is 0 Å². The van der Waals surface area contributed by atoms with Crippen LogP contribution in [-0.2, 0) is 12.1 Å². The molecule has 0 spiro atoms. The Labute approximate surface area is 90.3 Å². The number of hydrogen-bond acceptors (Lipinski definition) is 1. The summed E-state index contributed by atoms with van der Waals surface area (Å²) < 4.78 is 37.2. The molecule has 15 heavy (non-hydrogen) atoms. The third kappa shape index (κ3) is 2.25. The summed E-state index contributed by atoms with van der Waals surface area (Å²) in [7, 11) is 0. The molecule has 1 aromatic heterocycles. The predicted molar refractivity (Wildman–Crippen MR) is 50.8 cm³/mol. The summed E-state index contributed by atoms with van der Waals surface area (Å²) in [6.45, 7) is 0. The highest BCUT2D eigenvalue weighted by molar-refractivity contribution is 6.17. The van der Waals surface area contributed by atoms with Gasteiger partial charge in [-0.3, -0.25) is 0 Å². The van der Waals surface area contributed by atoms with Crippen LogP contribution >= 0.6 is 11.6 Å². The lowest BCUT2D eigenvalue weighted by molar-refractivity contribution is -0.141. The molecular formula is C10H9ClF3N. The first-order valence-electron chi connectivity index (χ1n) is 4.65. The topological polar surface area (TPSA) is 12.9 Å². The molecule has 2 rings (SSSR count). The maximum atomic E-state index is 12.4. The summed E-state index contributed by atoms with van der Waals surface area (Å²) in [5.74, 6) is 0.401. The predicted octanol–water partition coefficient (Wildman–Crippen LogP) is 3.72. The summed E-state index contributed by atoms with van der Waals surface area (Å²) >= 11 is 5.65. The highest BCUT2D eigenvalue weighted by Crippen LogP contribution is 2.42. The van der Waals surface area contributed by atoms with Crippen LogP contribution < -0.4 is 0 Å². The Bertz CT molecular complexity index is 371. The molecule has 1 aliphatic rings. The Balaban J connectivity index is 2.40. The first kappa shape index (κ1) is 10.7. The molecule has 1 aromatic rings. The molecule has 1 heterocycles. The normalized spacial score (nSPS) is 16.8. The molecule has 1 fully saturated rings. The van der Waals surface area contributed by atoms with E-state index >= 15 is 0 Å². The van der Waals surface area contributed by atoms with Crippen LogP contribution in [0.25, 0.3) is 0 Å². The highest BCUT2D eigenvalue weighted by atomic mass is 35.5. The second-order valence-corrected chi connectivity index (χ2v) is 3.91. The molecule has 1 nitrogen and oxygen atoms in total. The minimum atomic E-state index is -4.37. The van der Waals surface area contributed by atoms with Crippen molar-refractivity contribution < 1.29 is 13.2 Å². The van der Waals surface area contributed by atoms with E-state index in [4.69, 9.17) is 11.6 Å². The van der Waals surface area contributed by atoms with Crippen LogP contribution in [0.15, 0.2) is 12.1 Å². The maximum absolute atomic E-state index is 12.4. The minimum Gasteiger partial charge on any atom is -0.248 e. The van der Waals surface area contributed by atoms with Crippen LogP contribution in [0.3, 0.4) is 0 Å². The fraction of sp³-hybridized carbons (Fsp3) is 0.500. The van der Waals surface area contributed by atoms with Crippen molar-refractivity contribution in [1.82, 2.24) is 4.98 Å². The van der Waals surface area contributed by atoms with Crippen LogP contribution in [0.2, 0.25) is 0 Å². The van der Waals surface area contributed by atoms with Gasteiger partial charge in [-0.1, -0.05) is 6.07 Å². The van der Waals surface area contributed by atoms with Crippen LogP contribution in [0.4, 0.5) is 13.2 Å². The minimum absolute atomic E-state index is 0.182. The Morgan fingerprint density at radius 3 is 2.47 bits per heavy atom. The van der Waals surface area contributed by atoms with Crippen molar-refractivity contribution in [3.05, 3.63) is 29.1 Å². The zero-order valence-electron chi connectivity index (χ0n) is 7.81.